The highest BCUT2D eigenvalue weighted by Gasteiger charge is 2.33. The summed E-state index contributed by atoms with van der Waals surface area (Å²) >= 11 is 5.92. The highest BCUT2D eigenvalue weighted by Crippen LogP contribution is 2.30. The van der Waals surface area contributed by atoms with Crippen LogP contribution in [0.4, 0.5) is 0 Å². The third-order valence-electron chi connectivity index (χ3n) is 3.78. The standard InChI is InChI=1S/C18H18ClNO/c1-13-3-2-4-15(11-13)18(21)20(17-9-10-17)12-14-5-7-16(19)8-6-14/h2-8,11,17H,9-10,12H2,1H3. The molecular weight excluding hydrogens is 282 g/mol. The molecule has 0 bridgehead atoms. The lowest BCUT2D eigenvalue weighted by Crippen LogP contribution is -2.32. The minimum atomic E-state index is 0.121. The average Bonchev–Trinajstić information content (AvgIpc) is 3.30. The molecule has 0 saturated heterocycles. The van der Waals surface area contributed by atoms with Gasteiger partial charge in [-0.2, -0.15) is 0 Å². The van der Waals surface area contributed by atoms with E-state index in [2.05, 4.69) is 0 Å². The molecule has 2 nitrogen and oxygen atoms in total. The van der Waals surface area contributed by atoms with Gasteiger partial charge in [0, 0.05) is 23.2 Å². The molecular formula is C18H18ClNO. The molecule has 21 heavy (non-hydrogen) atoms. The highest BCUT2D eigenvalue weighted by molar-refractivity contribution is 6.30. The van der Waals surface area contributed by atoms with Crippen LogP contribution in [0.5, 0.6) is 0 Å². The van der Waals surface area contributed by atoms with E-state index < -0.39 is 0 Å². The molecule has 0 radical (unpaired) electrons. The van der Waals surface area contributed by atoms with E-state index in [1.54, 1.807) is 0 Å². The van der Waals surface area contributed by atoms with Gasteiger partial charge in [-0.1, -0.05) is 41.4 Å². The molecule has 3 heteroatoms. The number of rotatable bonds is 4. The number of halogens is 1. The number of hydrogen-bond donors (Lipinski definition) is 0. The minimum absolute atomic E-state index is 0.121. The van der Waals surface area contributed by atoms with Gasteiger partial charge in [0.1, 0.15) is 0 Å². The predicted molar refractivity (Wildman–Crippen MR) is 85.5 cm³/mol. The van der Waals surface area contributed by atoms with Crippen molar-refractivity contribution in [1.82, 2.24) is 4.90 Å². The Labute approximate surface area is 130 Å². The lowest BCUT2D eigenvalue weighted by Gasteiger charge is -2.23. The Bertz CT molecular complexity index is 647. The second kappa shape index (κ2) is 5.90. The summed E-state index contributed by atoms with van der Waals surface area (Å²) in [6, 6.07) is 15.9. The molecule has 0 aromatic heterocycles. The Morgan fingerprint density at radius 2 is 1.90 bits per heavy atom. The normalized spacial score (nSPS) is 14.0. The van der Waals surface area contributed by atoms with Crippen molar-refractivity contribution in [2.24, 2.45) is 0 Å². The zero-order valence-electron chi connectivity index (χ0n) is 12.1. The lowest BCUT2D eigenvalue weighted by atomic mass is 10.1. The molecule has 1 aliphatic carbocycles. The third kappa shape index (κ3) is 3.45. The van der Waals surface area contributed by atoms with Crippen molar-refractivity contribution in [2.45, 2.75) is 32.4 Å². The molecule has 0 atom stereocenters. The highest BCUT2D eigenvalue weighted by atomic mass is 35.5. The Morgan fingerprint density at radius 1 is 1.19 bits per heavy atom. The van der Waals surface area contributed by atoms with Crippen molar-refractivity contribution in [1.29, 1.82) is 0 Å². The first-order valence-corrected chi connectivity index (χ1v) is 7.63. The molecule has 0 heterocycles. The summed E-state index contributed by atoms with van der Waals surface area (Å²) in [5.74, 6) is 0.121. The molecule has 0 N–H and O–H groups in total. The molecule has 2 aromatic carbocycles. The maximum absolute atomic E-state index is 12.7. The van der Waals surface area contributed by atoms with Crippen LogP contribution in [0.2, 0.25) is 5.02 Å². The molecule has 0 aliphatic heterocycles. The molecule has 108 valence electrons. The van der Waals surface area contributed by atoms with Gasteiger partial charge in [0.05, 0.1) is 0 Å². The third-order valence-corrected chi connectivity index (χ3v) is 4.03. The van der Waals surface area contributed by atoms with Crippen LogP contribution >= 0.6 is 11.6 Å². The van der Waals surface area contributed by atoms with E-state index in [1.807, 2.05) is 60.4 Å². The summed E-state index contributed by atoms with van der Waals surface area (Å²) in [6.45, 7) is 2.66. The number of hydrogen-bond acceptors (Lipinski definition) is 1. The first kappa shape index (κ1) is 14.2. The fraction of sp³-hybridized carbons (Fsp3) is 0.278. The van der Waals surface area contributed by atoms with Crippen LogP contribution < -0.4 is 0 Å². The van der Waals surface area contributed by atoms with Crippen molar-refractivity contribution in [3.63, 3.8) is 0 Å². The number of amides is 1. The van der Waals surface area contributed by atoms with Gasteiger partial charge in [-0.25, -0.2) is 0 Å². The van der Waals surface area contributed by atoms with Gasteiger partial charge in [0.25, 0.3) is 5.91 Å². The molecule has 1 aliphatic rings. The minimum Gasteiger partial charge on any atom is -0.331 e. The van der Waals surface area contributed by atoms with Crippen LogP contribution in [0, 0.1) is 6.92 Å². The van der Waals surface area contributed by atoms with Crippen LogP contribution in [0.25, 0.3) is 0 Å². The van der Waals surface area contributed by atoms with Gasteiger partial charge >= 0.3 is 0 Å². The van der Waals surface area contributed by atoms with Gasteiger partial charge in [0.2, 0.25) is 0 Å². The molecule has 1 amide bonds. The summed E-state index contributed by atoms with van der Waals surface area (Å²) in [4.78, 5) is 14.7. The topological polar surface area (TPSA) is 20.3 Å². The fourth-order valence-corrected chi connectivity index (χ4v) is 2.61. The van der Waals surface area contributed by atoms with E-state index in [1.165, 1.54) is 0 Å². The number of benzene rings is 2. The monoisotopic (exact) mass is 299 g/mol. The number of aryl methyl sites for hydroxylation is 1. The largest absolute Gasteiger partial charge is 0.331 e. The summed E-state index contributed by atoms with van der Waals surface area (Å²) < 4.78 is 0. The second-order valence-electron chi connectivity index (χ2n) is 5.66. The van der Waals surface area contributed by atoms with Gasteiger partial charge in [-0.05, 0) is 49.6 Å². The van der Waals surface area contributed by atoms with Gasteiger partial charge in [-0.3, -0.25) is 4.79 Å². The Balaban J connectivity index is 1.81. The number of carbonyl (C=O) groups excluding carboxylic acids is 1. The quantitative estimate of drug-likeness (QED) is 0.816. The summed E-state index contributed by atoms with van der Waals surface area (Å²) in [6.07, 6.45) is 2.20. The molecule has 0 spiro atoms. The van der Waals surface area contributed by atoms with Crippen molar-refractivity contribution in [3.8, 4) is 0 Å². The summed E-state index contributed by atoms with van der Waals surface area (Å²) in [5, 5.41) is 0.724. The maximum atomic E-state index is 12.7. The first-order chi connectivity index (χ1) is 10.1. The van der Waals surface area contributed by atoms with Crippen LogP contribution in [0.15, 0.2) is 48.5 Å². The lowest BCUT2D eigenvalue weighted by molar-refractivity contribution is 0.0730. The molecule has 1 saturated carbocycles. The summed E-state index contributed by atoms with van der Waals surface area (Å²) in [7, 11) is 0. The van der Waals surface area contributed by atoms with E-state index in [0.29, 0.717) is 12.6 Å². The van der Waals surface area contributed by atoms with Crippen LogP contribution in [-0.4, -0.2) is 16.8 Å². The maximum Gasteiger partial charge on any atom is 0.254 e. The SMILES string of the molecule is Cc1cccc(C(=O)N(Cc2ccc(Cl)cc2)C2CC2)c1. The molecule has 0 unspecified atom stereocenters. The zero-order chi connectivity index (χ0) is 14.8. The van der Waals surface area contributed by atoms with E-state index >= 15 is 0 Å². The van der Waals surface area contributed by atoms with Gasteiger partial charge < -0.3 is 4.90 Å². The van der Waals surface area contributed by atoms with E-state index in [4.69, 9.17) is 11.6 Å². The Hall–Kier alpha value is -1.80. The van der Waals surface area contributed by atoms with Crippen molar-refractivity contribution >= 4 is 17.5 Å². The zero-order valence-corrected chi connectivity index (χ0v) is 12.8. The average molecular weight is 300 g/mol. The van der Waals surface area contributed by atoms with E-state index in [9.17, 15) is 4.79 Å². The van der Waals surface area contributed by atoms with Crippen molar-refractivity contribution < 1.29 is 4.79 Å². The molecule has 3 rings (SSSR count). The predicted octanol–water partition coefficient (Wildman–Crippen LogP) is 4.45. The van der Waals surface area contributed by atoms with Crippen LogP contribution in [0.1, 0.15) is 34.3 Å². The van der Waals surface area contributed by atoms with Gasteiger partial charge in [-0.15, -0.1) is 0 Å². The fourth-order valence-electron chi connectivity index (χ4n) is 2.48. The smallest absolute Gasteiger partial charge is 0.254 e. The van der Waals surface area contributed by atoms with Gasteiger partial charge in [0.15, 0.2) is 0 Å². The first-order valence-electron chi connectivity index (χ1n) is 7.25. The van der Waals surface area contributed by atoms with E-state index in [0.717, 1.165) is 34.6 Å². The van der Waals surface area contributed by atoms with Crippen molar-refractivity contribution in [2.75, 3.05) is 0 Å². The van der Waals surface area contributed by atoms with Crippen molar-refractivity contribution in [3.05, 3.63) is 70.2 Å². The number of nitrogens with zero attached hydrogens (tertiary/aromatic N) is 1. The Kier molecular flexibility index (Phi) is 3.98. The van der Waals surface area contributed by atoms with Crippen LogP contribution in [-0.2, 0) is 6.54 Å². The molecule has 1 fully saturated rings. The Morgan fingerprint density at radius 3 is 2.52 bits per heavy atom. The second-order valence-corrected chi connectivity index (χ2v) is 6.10. The van der Waals surface area contributed by atoms with Crippen LogP contribution in [0.3, 0.4) is 0 Å². The molecule has 2 aromatic rings. The number of carbonyl (C=O) groups is 1. The van der Waals surface area contributed by atoms with E-state index in [-0.39, 0.29) is 5.91 Å². The summed E-state index contributed by atoms with van der Waals surface area (Å²) in [5.41, 5.74) is 3.01.